The molecule has 0 amide bonds. The number of nitrogens with two attached hydrogens (primary N) is 1. The first kappa shape index (κ1) is 15.9. The third-order valence-electron chi connectivity index (χ3n) is 2.75. The van der Waals surface area contributed by atoms with Crippen LogP contribution in [0, 0.1) is 6.92 Å². The second-order valence-electron chi connectivity index (χ2n) is 5.32. The Morgan fingerprint density at radius 3 is 2.47 bits per heavy atom. The summed E-state index contributed by atoms with van der Waals surface area (Å²) in [4.78, 5) is 0.173. The van der Waals surface area contributed by atoms with E-state index in [1.165, 1.54) is 4.31 Å². The second kappa shape index (κ2) is 5.44. The number of nitrogens with one attached hydrogen (secondary N) is 1. The van der Waals surface area contributed by atoms with E-state index in [0.717, 1.165) is 0 Å². The Labute approximate surface area is 114 Å². The third-order valence-corrected chi connectivity index (χ3v) is 5.08. The number of hydrogen-bond donors (Lipinski definition) is 2. The molecule has 0 saturated heterocycles. The zero-order valence-electron chi connectivity index (χ0n) is 11.9. The molecular weight excluding hydrogens is 264 g/mol. The summed E-state index contributed by atoms with van der Waals surface area (Å²) in [6, 6.07) is 0. The average molecular weight is 286 g/mol. The van der Waals surface area contributed by atoms with E-state index in [1.54, 1.807) is 13.0 Å². The van der Waals surface area contributed by atoms with Crippen LogP contribution in [0.4, 0.5) is 0 Å². The largest absolute Gasteiger partial charge is 0.325 e. The van der Waals surface area contributed by atoms with Gasteiger partial charge in [-0.2, -0.15) is 9.40 Å². The molecule has 6 nitrogen and oxygen atoms in total. The van der Waals surface area contributed by atoms with Gasteiger partial charge in [0.05, 0.1) is 11.4 Å². The number of H-pyrrole nitrogens is 1. The van der Waals surface area contributed by atoms with Gasteiger partial charge in [0.1, 0.15) is 4.90 Å². The molecule has 3 N–H and O–H groups in total. The molecule has 19 heavy (non-hydrogen) atoms. The Balaban J connectivity index is 3.43. The highest BCUT2D eigenvalue weighted by Gasteiger charge is 2.36. The topological polar surface area (TPSA) is 92.1 Å². The van der Waals surface area contributed by atoms with Gasteiger partial charge < -0.3 is 5.73 Å². The lowest BCUT2D eigenvalue weighted by Gasteiger charge is -2.33. The molecule has 0 aliphatic heterocycles. The van der Waals surface area contributed by atoms with Gasteiger partial charge in [0.25, 0.3) is 0 Å². The minimum Gasteiger partial charge on any atom is -0.325 e. The van der Waals surface area contributed by atoms with Crippen LogP contribution in [0.5, 0.6) is 0 Å². The molecule has 0 aliphatic carbocycles. The van der Waals surface area contributed by atoms with Crippen LogP contribution >= 0.6 is 0 Å². The number of aryl methyl sites for hydroxylation is 1. The summed E-state index contributed by atoms with van der Waals surface area (Å²) in [6.45, 7) is 11.1. The first-order chi connectivity index (χ1) is 8.66. The van der Waals surface area contributed by atoms with Crippen molar-refractivity contribution in [1.29, 1.82) is 0 Å². The fourth-order valence-electron chi connectivity index (χ4n) is 1.91. The van der Waals surface area contributed by atoms with Gasteiger partial charge in [-0.15, -0.1) is 6.58 Å². The van der Waals surface area contributed by atoms with Gasteiger partial charge in [0.2, 0.25) is 10.0 Å². The SMILES string of the molecule is C=CCN(C(C)(C)C)S(=O)(=O)c1c(CN)n[nH]c1C. The molecule has 1 rings (SSSR count). The van der Waals surface area contributed by atoms with E-state index in [1.807, 2.05) is 20.8 Å². The van der Waals surface area contributed by atoms with Gasteiger partial charge in [-0.3, -0.25) is 5.10 Å². The summed E-state index contributed by atoms with van der Waals surface area (Å²) in [5, 5.41) is 6.62. The molecule has 0 spiro atoms. The number of nitrogens with zero attached hydrogens (tertiary/aromatic N) is 2. The van der Waals surface area contributed by atoms with Crippen molar-refractivity contribution in [2.45, 2.75) is 44.7 Å². The highest BCUT2D eigenvalue weighted by molar-refractivity contribution is 7.89. The summed E-state index contributed by atoms with van der Waals surface area (Å²) in [5.41, 5.74) is 5.86. The van der Waals surface area contributed by atoms with Crippen LogP contribution in [0.2, 0.25) is 0 Å². The molecular formula is C12H22N4O2S. The van der Waals surface area contributed by atoms with E-state index in [4.69, 9.17) is 5.73 Å². The minimum atomic E-state index is -3.66. The summed E-state index contributed by atoms with van der Waals surface area (Å²) in [7, 11) is -3.66. The molecule has 0 aromatic carbocycles. The lowest BCUT2D eigenvalue weighted by atomic mass is 10.1. The molecule has 1 heterocycles. The maximum absolute atomic E-state index is 12.8. The van der Waals surface area contributed by atoms with E-state index < -0.39 is 15.6 Å². The zero-order chi connectivity index (χ0) is 14.8. The number of aromatic amines is 1. The summed E-state index contributed by atoms with van der Waals surface area (Å²) < 4.78 is 27.0. The highest BCUT2D eigenvalue weighted by Crippen LogP contribution is 2.27. The standard InChI is InChI=1S/C12H22N4O2S/c1-6-7-16(12(3,4)5)19(17,18)11-9(2)14-15-10(11)8-13/h6H,1,7-8,13H2,2-5H3,(H,14,15). The van der Waals surface area contributed by atoms with Crippen LogP contribution in [0.3, 0.4) is 0 Å². The molecule has 0 bridgehead atoms. The minimum absolute atomic E-state index is 0.0744. The number of hydrogen-bond acceptors (Lipinski definition) is 4. The third kappa shape index (κ3) is 3.05. The van der Waals surface area contributed by atoms with Crippen molar-refractivity contribution in [3.8, 4) is 0 Å². The van der Waals surface area contributed by atoms with Gasteiger partial charge >= 0.3 is 0 Å². The van der Waals surface area contributed by atoms with Crippen LogP contribution < -0.4 is 5.73 Å². The van der Waals surface area contributed by atoms with Gasteiger partial charge in [-0.25, -0.2) is 8.42 Å². The lowest BCUT2D eigenvalue weighted by molar-refractivity contribution is 0.269. The van der Waals surface area contributed by atoms with Crippen LogP contribution in [-0.4, -0.2) is 35.0 Å². The van der Waals surface area contributed by atoms with Gasteiger partial charge in [0.15, 0.2) is 0 Å². The van der Waals surface area contributed by atoms with Crippen LogP contribution in [0.25, 0.3) is 0 Å². The average Bonchev–Trinajstić information content (AvgIpc) is 2.66. The van der Waals surface area contributed by atoms with E-state index in [-0.39, 0.29) is 18.0 Å². The van der Waals surface area contributed by atoms with Crippen molar-refractivity contribution in [2.75, 3.05) is 6.54 Å². The van der Waals surface area contributed by atoms with Crippen molar-refractivity contribution in [2.24, 2.45) is 5.73 Å². The Hall–Kier alpha value is -1.18. The van der Waals surface area contributed by atoms with Crippen molar-refractivity contribution < 1.29 is 8.42 Å². The Kier molecular flexibility index (Phi) is 4.54. The molecule has 1 aromatic rings. The fraction of sp³-hybridized carbons (Fsp3) is 0.583. The van der Waals surface area contributed by atoms with Crippen molar-refractivity contribution in [3.05, 3.63) is 24.0 Å². The zero-order valence-corrected chi connectivity index (χ0v) is 12.7. The molecule has 0 radical (unpaired) electrons. The Bertz CT molecular complexity index is 555. The van der Waals surface area contributed by atoms with Crippen molar-refractivity contribution in [3.63, 3.8) is 0 Å². The Morgan fingerprint density at radius 1 is 1.47 bits per heavy atom. The molecule has 0 aliphatic rings. The maximum Gasteiger partial charge on any atom is 0.247 e. The summed E-state index contributed by atoms with van der Waals surface area (Å²) in [5.74, 6) is 0. The maximum atomic E-state index is 12.8. The van der Waals surface area contributed by atoms with E-state index in [2.05, 4.69) is 16.8 Å². The van der Waals surface area contributed by atoms with Gasteiger partial charge in [0, 0.05) is 18.6 Å². The number of aromatic nitrogens is 2. The van der Waals surface area contributed by atoms with E-state index in [0.29, 0.717) is 11.4 Å². The van der Waals surface area contributed by atoms with Crippen LogP contribution in [0.1, 0.15) is 32.2 Å². The quantitative estimate of drug-likeness (QED) is 0.794. The first-order valence-corrected chi connectivity index (χ1v) is 7.48. The fourth-order valence-corrected chi connectivity index (χ4v) is 4.01. The smallest absolute Gasteiger partial charge is 0.247 e. The molecule has 1 aromatic heterocycles. The van der Waals surface area contributed by atoms with E-state index in [9.17, 15) is 8.42 Å². The van der Waals surface area contributed by atoms with Gasteiger partial charge in [-0.1, -0.05) is 6.08 Å². The monoisotopic (exact) mass is 286 g/mol. The lowest BCUT2D eigenvalue weighted by Crippen LogP contribution is -2.45. The number of rotatable bonds is 5. The van der Waals surface area contributed by atoms with Crippen molar-refractivity contribution >= 4 is 10.0 Å². The molecule has 0 saturated carbocycles. The van der Waals surface area contributed by atoms with Crippen LogP contribution in [-0.2, 0) is 16.6 Å². The van der Waals surface area contributed by atoms with E-state index >= 15 is 0 Å². The molecule has 108 valence electrons. The summed E-state index contributed by atoms with van der Waals surface area (Å²) in [6.07, 6.45) is 1.57. The second-order valence-corrected chi connectivity index (χ2v) is 7.12. The predicted molar refractivity (Wildman–Crippen MR) is 75.1 cm³/mol. The molecule has 0 fully saturated rings. The molecule has 7 heteroatoms. The Morgan fingerprint density at radius 2 is 2.05 bits per heavy atom. The predicted octanol–water partition coefficient (Wildman–Crippen LogP) is 1.15. The summed E-state index contributed by atoms with van der Waals surface area (Å²) >= 11 is 0. The molecule has 0 unspecified atom stereocenters. The van der Waals surface area contributed by atoms with Gasteiger partial charge in [-0.05, 0) is 27.7 Å². The first-order valence-electron chi connectivity index (χ1n) is 6.04. The number of sulfonamides is 1. The highest BCUT2D eigenvalue weighted by atomic mass is 32.2. The normalized spacial score (nSPS) is 12.9. The van der Waals surface area contributed by atoms with Crippen LogP contribution in [0.15, 0.2) is 17.6 Å². The molecule has 0 atom stereocenters. The van der Waals surface area contributed by atoms with Crippen molar-refractivity contribution in [1.82, 2.24) is 14.5 Å².